The van der Waals surface area contributed by atoms with Crippen LogP contribution in [0.3, 0.4) is 0 Å². The number of ether oxygens (including phenoxy) is 4. The van der Waals surface area contributed by atoms with Crippen LogP contribution in [0.1, 0.15) is 27.8 Å². The average molecular weight is 589 g/mol. The van der Waals surface area contributed by atoms with E-state index < -0.39 is 41.9 Å². The van der Waals surface area contributed by atoms with Crippen molar-refractivity contribution in [3.05, 3.63) is 142 Å². The van der Waals surface area contributed by atoms with Gasteiger partial charge in [0.05, 0.1) is 19.8 Å². The third-order valence-corrected chi connectivity index (χ3v) is 8.92. The van der Waals surface area contributed by atoms with Crippen LogP contribution < -0.4 is 0 Å². The molecule has 4 aromatic rings. The maximum atomic E-state index is 15.2. The molecule has 2 N–H and O–H groups in total. The van der Waals surface area contributed by atoms with Gasteiger partial charge in [-0.3, -0.25) is 0 Å². The van der Waals surface area contributed by atoms with Gasteiger partial charge in [0.1, 0.15) is 24.1 Å². The number of rotatable bonds is 10. The predicted octanol–water partition coefficient (Wildman–Crippen LogP) is 5.30. The molecular formula is C34H30ClFO6. The molecule has 4 aliphatic rings. The molecule has 4 bridgehead atoms. The first kappa shape index (κ1) is 27.7. The second kappa shape index (κ2) is 10.5. The Bertz CT molecular complexity index is 1570. The second-order valence-electron chi connectivity index (χ2n) is 11.2. The van der Waals surface area contributed by atoms with Crippen molar-refractivity contribution in [2.24, 2.45) is 0 Å². The lowest BCUT2D eigenvalue weighted by Gasteiger charge is -2.50. The summed E-state index contributed by atoms with van der Waals surface area (Å²) in [7, 11) is 0. The van der Waals surface area contributed by atoms with Gasteiger partial charge in [-0.15, -0.1) is 0 Å². The Morgan fingerprint density at radius 3 is 2.00 bits per heavy atom. The minimum absolute atomic E-state index is 0.191. The van der Waals surface area contributed by atoms with Crippen molar-refractivity contribution in [2.75, 3.05) is 6.61 Å². The van der Waals surface area contributed by atoms with E-state index in [2.05, 4.69) is 0 Å². The smallest absolute Gasteiger partial charge is 0.226 e. The highest BCUT2D eigenvalue weighted by Gasteiger charge is 2.95. The van der Waals surface area contributed by atoms with Crippen molar-refractivity contribution >= 4 is 11.6 Å². The molecule has 6 unspecified atom stereocenters. The summed E-state index contributed by atoms with van der Waals surface area (Å²) in [5, 5.41) is 23.0. The topological polar surface area (TPSA) is 77.4 Å². The number of benzene rings is 4. The molecule has 0 spiro atoms. The lowest BCUT2D eigenvalue weighted by molar-refractivity contribution is -0.382. The van der Waals surface area contributed by atoms with E-state index >= 15 is 4.39 Å². The molecule has 0 amide bonds. The monoisotopic (exact) mass is 588 g/mol. The molecule has 8 rings (SSSR count). The Labute approximate surface area is 248 Å². The summed E-state index contributed by atoms with van der Waals surface area (Å²) in [6.07, 6.45) is -2.39. The van der Waals surface area contributed by atoms with E-state index in [-0.39, 0.29) is 19.0 Å². The molecule has 42 heavy (non-hydrogen) atoms. The van der Waals surface area contributed by atoms with Gasteiger partial charge in [0.25, 0.3) is 0 Å². The molecule has 4 fully saturated rings. The first-order valence-electron chi connectivity index (χ1n) is 14.0. The van der Waals surface area contributed by atoms with Gasteiger partial charge < -0.3 is 29.2 Å². The zero-order valence-corrected chi connectivity index (χ0v) is 23.4. The molecule has 0 radical (unpaired) electrons. The molecule has 1 saturated carbocycles. The van der Waals surface area contributed by atoms with Gasteiger partial charge in [-0.1, -0.05) is 90.5 Å². The SMILES string of the molecule is OCC12OC3(c4ccc(F)c(Cc5ccc(Cl)cc5)c4)OC1C2(O)C(OCc1ccccc1)C3OCc1ccccc1. The molecule has 3 aliphatic heterocycles. The Balaban J connectivity index is 1.28. The van der Waals surface area contributed by atoms with Crippen LogP contribution in [-0.2, 0) is 44.4 Å². The van der Waals surface area contributed by atoms with Crippen LogP contribution in [0.25, 0.3) is 0 Å². The van der Waals surface area contributed by atoms with E-state index in [1.807, 2.05) is 72.8 Å². The normalized spacial score (nSPS) is 30.8. The van der Waals surface area contributed by atoms with Gasteiger partial charge in [0, 0.05) is 17.0 Å². The highest BCUT2D eigenvalue weighted by atomic mass is 35.5. The average Bonchev–Trinajstić information content (AvgIpc) is 3.34. The lowest BCUT2D eigenvalue weighted by Crippen LogP contribution is -2.67. The van der Waals surface area contributed by atoms with E-state index in [4.69, 9.17) is 30.5 Å². The second-order valence-corrected chi connectivity index (χ2v) is 11.6. The summed E-state index contributed by atoms with van der Waals surface area (Å²) in [6.45, 7) is -0.0865. The van der Waals surface area contributed by atoms with Crippen molar-refractivity contribution < 1.29 is 33.6 Å². The zero-order valence-electron chi connectivity index (χ0n) is 22.7. The van der Waals surface area contributed by atoms with Crippen LogP contribution in [0.4, 0.5) is 4.39 Å². The van der Waals surface area contributed by atoms with Crippen LogP contribution in [0.15, 0.2) is 103 Å². The maximum Gasteiger partial charge on any atom is 0.226 e. The summed E-state index contributed by atoms with van der Waals surface area (Å²) < 4.78 is 41.1. The van der Waals surface area contributed by atoms with Gasteiger partial charge in [-0.25, -0.2) is 4.39 Å². The van der Waals surface area contributed by atoms with E-state index in [0.29, 0.717) is 22.6 Å². The fraction of sp³-hybridized carbons (Fsp3) is 0.294. The summed E-state index contributed by atoms with van der Waals surface area (Å²) in [6, 6.07) is 31.2. The standard InChI is InChI=1S/C34H30ClFO6/c35-27-14-11-22(12-15-27)17-25-18-26(13-16-28(25)36)34-30(40-20-24-9-5-2-6-10-24)29(39-19-23-7-3-1-4-8-23)33(38)31(41-34)32(33,21-37)42-34/h1-16,18,29-31,37-38H,17,19-21H2. The van der Waals surface area contributed by atoms with Gasteiger partial charge in [0.15, 0.2) is 11.2 Å². The van der Waals surface area contributed by atoms with Crippen LogP contribution in [-0.4, -0.2) is 46.3 Å². The van der Waals surface area contributed by atoms with Gasteiger partial charge in [-0.05, 0) is 46.5 Å². The third kappa shape index (κ3) is 4.31. The molecule has 8 heteroatoms. The highest BCUT2D eigenvalue weighted by molar-refractivity contribution is 6.30. The van der Waals surface area contributed by atoms with Crippen molar-refractivity contribution in [1.82, 2.24) is 0 Å². The van der Waals surface area contributed by atoms with Gasteiger partial charge in [-0.2, -0.15) is 0 Å². The maximum absolute atomic E-state index is 15.2. The highest BCUT2D eigenvalue weighted by Crippen LogP contribution is 2.71. The van der Waals surface area contributed by atoms with Crippen LogP contribution >= 0.6 is 11.6 Å². The minimum atomic E-state index is -1.63. The molecule has 6 atom stereocenters. The Kier molecular flexibility index (Phi) is 6.95. The van der Waals surface area contributed by atoms with Crippen LogP contribution in [0.5, 0.6) is 0 Å². The van der Waals surface area contributed by atoms with Gasteiger partial charge in [0.2, 0.25) is 5.79 Å². The fourth-order valence-electron chi connectivity index (χ4n) is 6.43. The number of aliphatic hydroxyl groups is 2. The van der Waals surface area contributed by atoms with Gasteiger partial charge >= 0.3 is 0 Å². The van der Waals surface area contributed by atoms with Crippen LogP contribution in [0, 0.1) is 5.82 Å². The number of aliphatic hydroxyl groups excluding tert-OH is 1. The summed E-state index contributed by atoms with van der Waals surface area (Å²) in [5.41, 5.74) is 0.628. The van der Waals surface area contributed by atoms with E-state index in [1.165, 1.54) is 6.07 Å². The Morgan fingerprint density at radius 2 is 1.40 bits per heavy atom. The third-order valence-electron chi connectivity index (χ3n) is 8.66. The van der Waals surface area contributed by atoms with E-state index in [9.17, 15) is 10.2 Å². The minimum Gasteiger partial charge on any atom is -0.393 e. The quantitative estimate of drug-likeness (QED) is 0.262. The van der Waals surface area contributed by atoms with E-state index in [0.717, 1.165) is 16.7 Å². The largest absolute Gasteiger partial charge is 0.393 e. The molecule has 0 aromatic heterocycles. The summed E-state index contributed by atoms with van der Waals surface area (Å²) >= 11 is 6.05. The predicted molar refractivity (Wildman–Crippen MR) is 153 cm³/mol. The fourth-order valence-corrected chi connectivity index (χ4v) is 6.55. The Hall–Kier alpha value is -3.14. The van der Waals surface area contributed by atoms with Crippen molar-refractivity contribution in [3.8, 4) is 0 Å². The number of hydrogen-bond acceptors (Lipinski definition) is 6. The Morgan fingerprint density at radius 1 is 0.786 bits per heavy atom. The molecule has 3 saturated heterocycles. The number of halogens is 2. The molecule has 4 aromatic carbocycles. The first-order valence-corrected chi connectivity index (χ1v) is 14.3. The molecule has 216 valence electrons. The number of fused-ring (bicyclic) bond motifs is 1. The summed E-state index contributed by atoms with van der Waals surface area (Å²) in [4.78, 5) is 0. The van der Waals surface area contributed by atoms with E-state index in [1.54, 1.807) is 24.3 Å². The first-order chi connectivity index (χ1) is 20.4. The van der Waals surface area contributed by atoms with Crippen molar-refractivity contribution in [2.45, 2.75) is 54.9 Å². The molecule has 6 nitrogen and oxygen atoms in total. The zero-order chi connectivity index (χ0) is 29.0. The molecule has 3 heterocycles. The summed E-state index contributed by atoms with van der Waals surface area (Å²) in [5.74, 6) is -1.94. The van der Waals surface area contributed by atoms with Crippen LogP contribution in [0.2, 0.25) is 5.02 Å². The lowest BCUT2D eigenvalue weighted by atomic mass is 9.85. The number of hydrogen-bond donors (Lipinski definition) is 2. The molecular weight excluding hydrogens is 559 g/mol. The van der Waals surface area contributed by atoms with Crippen molar-refractivity contribution in [1.29, 1.82) is 0 Å². The van der Waals surface area contributed by atoms with Crippen molar-refractivity contribution in [3.63, 3.8) is 0 Å². The molecule has 1 aliphatic carbocycles.